The number of allylic oxidation sites excluding steroid dienone is 1. The van der Waals surface area contributed by atoms with Crippen LogP contribution >= 0.6 is 23.2 Å². The summed E-state index contributed by atoms with van der Waals surface area (Å²) in [5.74, 6) is -1.86. The van der Waals surface area contributed by atoms with Gasteiger partial charge in [0.25, 0.3) is 0 Å². The van der Waals surface area contributed by atoms with Crippen LogP contribution in [0.1, 0.15) is 36.8 Å². The van der Waals surface area contributed by atoms with Crippen LogP contribution in [0.3, 0.4) is 0 Å². The number of carbonyl (C=O) groups is 2. The number of hydrogen-bond donors (Lipinski definition) is 2. The van der Waals surface area contributed by atoms with Crippen LogP contribution in [-0.2, 0) is 16.0 Å². The molecule has 182 valence electrons. The van der Waals surface area contributed by atoms with Crippen LogP contribution in [0.5, 0.6) is 0 Å². The highest BCUT2D eigenvalue weighted by atomic mass is 35.5. The number of carboxylic acids is 1. The predicted molar refractivity (Wildman–Crippen MR) is 138 cm³/mol. The van der Waals surface area contributed by atoms with E-state index in [-0.39, 0.29) is 30.1 Å². The normalized spacial score (nSPS) is 12.9. The van der Waals surface area contributed by atoms with Crippen molar-refractivity contribution in [3.8, 4) is 11.1 Å². The molecule has 0 aliphatic rings. The van der Waals surface area contributed by atoms with Gasteiger partial charge in [-0.05, 0) is 54.7 Å². The minimum atomic E-state index is -1.05. The highest BCUT2D eigenvalue weighted by Crippen LogP contribution is 2.31. The van der Waals surface area contributed by atoms with E-state index >= 15 is 4.39 Å². The van der Waals surface area contributed by atoms with Crippen LogP contribution < -0.4 is 5.32 Å². The van der Waals surface area contributed by atoms with Gasteiger partial charge in [-0.1, -0.05) is 77.8 Å². The number of carboxylic acid groups (broad SMARTS) is 1. The summed E-state index contributed by atoms with van der Waals surface area (Å²) in [6, 6.07) is 19.5. The van der Waals surface area contributed by atoms with Gasteiger partial charge in [-0.25, -0.2) is 9.18 Å². The molecule has 1 amide bonds. The maximum Gasteiger partial charge on any atom is 0.327 e. The molecular weight excluding hydrogens is 488 g/mol. The van der Waals surface area contributed by atoms with E-state index in [2.05, 4.69) is 5.32 Å². The third kappa shape index (κ3) is 7.67. The van der Waals surface area contributed by atoms with Crippen LogP contribution in [-0.4, -0.2) is 23.0 Å². The van der Waals surface area contributed by atoms with Crippen molar-refractivity contribution in [3.63, 3.8) is 0 Å². The Morgan fingerprint density at radius 1 is 1.03 bits per heavy atom. The molecule has 0 unspecified atom stereocenters. The molecular formula is C28H26Cl2FNO3. The van der Waals surface area contributed by atoms with E-state index in [0.717, 1.165) is 22.8 Å². The molecule has 3 aromatic carbocycles. The van der Waals surface area contributed by atoms with Gasteiger partial charge < -0.3 is 10.4 Å². The minimum absolute atomic E-state index is 0.148. The number of hydrogen-bond acceptors (Lipinski definition) is 2. The molecule has 0 bridgehead atoms. The summed E-state index contributed by atoms with van der Waals surface area (Å²) >= 11 is 12.3. The maximum absolute atomic E-state index is 15.2. The predicted octanol–water partition coefficient (Wildman–Crippen LogP) is 7.05. The molecule has 0 fully saturated rings. The number of benzene rings is 3. The molecule has 7 heteroatoms. The fraction of sp³-hybridized carbons (Fsp3) is 0.214. The fourth-order valence-electron chi connectivity index (χ4n) is 3.94. The standard InChI is InChI=1S/C28H26Cl2FNO3/c1-18(32-27(33)9-5-6-10-28(34)35)23(15-19-11-14-24(29)25(30)16-19)21-12-13-22(26(31)17-21)20-7-3-2-4-8-20/h2-4,6-8,10-14,16-18,23H,5,9,15H2,1H3,(H,32,33)(H,34,35)/b10-6+/t18-,23+/m0/s1. The van der Waals surface area contributed by atoms with Gasteiger partial charge >= 0.3 is 5.97 Å². The van der Waals surface area contributed by atoms with Crippen LogP contribution in [0.15, 0.2) is 78.9 Å². The van der Waals surface area contributed by atoms with E-state index in [0.29, 0.717) is 28.5 Å². The van der Waals surface area contributed by atoms with Crippen molar-refractivity contribution in [2.45, 2.75) is 38.1 Å². The Bertz CT molecular complexity index is 1210. The first-order chi connectivity index (χ1) is 16.7. The lowest BCUT2D eigenvalue weighted by molar-refractivity contribution is -0.131. The van der Waals surface area contributed by atoms with Crippen LogP contribution in [0.2, 0.25) is 10.0 Å². The Balaban J connectivity index is 1.84. The van der Waals surface area contributed by atoms with Gasteiger partial charge in [0, 0.05) is 30.0 Å². The van der Waals surface area contributed by atoms with Crippen molar-refractivity contribution >= 4 is 35.1 Å². The number of amides is 1. The third-order valence-electron chi connectivity index (χ3n) is 5.74. The highest BCUT2D eigenvalue weighted by molar-refractivity contribution is 6.42. The summed E-state index contributed by atoms with van der Waals surface area (Å²) in [6.07, 6.45) is 3.41. The Morgan fingerprint density at radius 2 is 1.77 bits per heavy atom. The number of halogens is 3. The lowest BCUT2D eigenvalue weighted by Crippen LogP contribution is -2.37. The lowest BCUT2D eigenvalue weighted by atomic mass is 9.85. The minimum Gasteiger partial charge on any atom is -0.478 e. The van der Waals surface area contributed by atoms with Crippen molar-refractivity contribution in [1.82, 2.24) is 5.32 Å². The molecule has 0 heterocycles. The quantitative estimate of drug-likeness (QED) is 0.285. The van der Waals surface area contributed by atoms with Crippen molar-refractivity contribution in [2.24, 2.45) is 0 Å². The van der Waals surface area contributed by atoms with Gasteiger partial charge in [0.15, 0.2) is 0 Å². The number of nitrogens with one attached hydrogen (secondary N) is 1. The SMILES string of the molecule is C[C@H](NC(=O)CC/C=C/C(=O)O)[C@@H](Cc1ccc(Cl)c(Cl)c1)c1ccc(-c2ccccc2)c(F)c1. The molecule has 35 heavy (non-hydrogen) atoms. The first kappa shape index (κ1) is 26.5. The van der Waals surface area contributed by atoms with Crippen molar-refractivity contribution in [2.75, 3.05) is 0 Å². The largest absolute Gasteiger partial charge is 0.478 e. The summed E-state index contributed by atoms with van der Waals surface area (Å²) < 4.78 is 15.2. The van der Waals surface area contributed by atoms with E-state index in [1.807, 2.05) is 49.4 Å². The number of rotatable bonds is 10. The fourth-order valence-corrected chi connectivity index (χ4v) is 4.26. The van der Waals surface area contributed by atoms with Crippen LogP contribution in [0, 0.1) is 5.82 Å². The zero-order valence-corrected chi connectivity index (χ0v) is 20.7. The molecule has 0 aliphatic carbocycles. The zero-order chi connectivity index (χ0) is 25.4. The Hall–Kier alpha value is -3.15. The molecule has 0 spiro atoms. The van der Waals surface area contributed by atoms with Gasteiger partial charge in [-0.3, -0.25) is 4.79 Å². The first-order valence-corrected chi connectivity index (χ1v) is 12.0. The molecule has 0 saturated heterocycles. The Labute approximate surface area is 214 Å². The monoisotopic (exact) mass is 513 g/mol. The van der Waals surface area contributed by atoms with Crippen LogP contribution in [0.4, 0.5) is 4.39 Å². The molecule has 0 saturated carbocycles. The maximum atomic E-state index is 15.2. The van der Waals surface area contributed by atoms with Gasteiger partial charge in [0.1, 0.15) is 5.82 Å². The second-order valence-electron chi connectivity index (χ2n) is 8.30. The van der Waals surface area contributed by atoms with E-state index in [1.54, 1.807) is 18.2 Å². The first-order valence-electron chi connectivity index (χ1n) is 11.2. The van der Waals surface area contributed by atoms with E-state index < -0.39 is 5.97 Å². The highest BCUT2D eigenvalue weighted by Gasteiger charge is 2.23. The summed E-state index contributed by atoms with van der Waals surface area (Å²) in [5.41, 5.74) is 2.94. The number of carbonyl (C=O) groups excluding carboxylic acids is 1. The topological polar surface area (TPSA) is 66.4 Å². The molecule has 2 atom stereocenters. The van der Waals surface area contributed by atoms with Gasteiger partial charge in [-0.2, -0.15) is 0 Å². The number of aliphatic carboxylic acids is 1. The van der Waals surface area contributed by atoms with E-state index in [1.165, 1.54) is 12.1 Å². The zero-order valence-electron chi connectivity index (χ0n) is 19.2. The molecule has 4 nitrogen and oxygen atoms in total. The van der Waals surface area contributed by atoms with E-state index in [9.17, 15) is 9.59 Å². The van der Waals surface area contributed by atoms with E-state index in [4.69, 9.17) is 28.3 Å². The van der Waals surface area contributed by atoms with Crippen molar-refractivity contribution in [1.29, 1.82) is 0 Å². The molecule has 3 rings (SSSR count). The lowest BCUT2D eigenvalue weighted by Gasteiger charge is -2.26. The van der Waals surface area contributed by atoms with Crippen molar-refractivity contribution < 1.29 is 19.1 Å². The average Bonchev–Trinajstić information content (AvgIpc) is 2.82. The summed E-state index contributed by atoms with van der Waals surface area (Å²) in [4.78, 5) is 23.1. The van der Waals surface area contributed by atoms with Crippen LogP contribution in [0.25, 0.3) is 11.1 Å². The molecule has 3 aromatic rings. The summed E-state index contributed by atoms with van der Waals surface area (Å²) in [7, 11) is 0. The molecule has 0 aliphatic heterocycles. The Kier molecular flexibility index (Phi) is 9.47. The van der Waals surface area contributed by atoms with Crippen molar-refractivity contribution in [3.05, 3.63) is 106 Å². The third-order valence-corrected chi connectivity index (χ3v) is 6.48. The Morgan fingerprint density at radius 3 is 2.43 bits per heavy atom. The van der Waals surface area contributed by atoms with Gasteiger partial charge in [-0.15, -0.1) is 0 Å². The molecule has 0 aromatic heterocycles. The summed E-state index contributed by atoms with van der Waals surface area (Å²) in [6.45, 7) is 1.87. The smallest absolute Gasteiger partial charge is 0.327 e. The molecule has 0 radical (unpaired) electrons. The summed E-state index contributed by atoms with van der Waals surface area (Å²) in [5, 5.41) is 12.5. The van der Waals surface area contributed by atoms with Gasteiger partial charge in [0.2, 0.25) is 5.91 Å². The molecule has 2 N–H and O–H groups in total. The second-order valence-corrected chi connectivity index (χ2v) is 9.11. The second kappa shape index (κ2) is 12.5. The van der Waals surface area contributed by atoms with Gasteiger partial charge in [0.05, 0.1) is 10.0 Å². The average molecular weight is 514 g/mol.